The minimum Gasteiger partial charge on any atom is -0.370 e. The number of piperazine rings is 1. The van der Waals surface area contributed by atoms with E-state index in [-0.39, 0.29) is 11.8 Å². The van der Waals surface area contributed by atoms with Crippen LogP contribution in [0.3, 0.4) is 0 Å². The zero-order chi connectivity index (χ0) is 20.6. The third-order valence-corrected chi connectivity index (χ3v) is 7.31. The molecule has 4 rings (SSSR count). The molecule has 2 fully saturated rings. The molecule has 1 aromatic carbocycles. The Balaban J connectivity index is 1.48. The smallest absolute Gasteiger partial charge is 0.227 e. The predicted octanol–water partition coefficient (Wildman–Crippen LogP) is 1.86. The lowest BCUT2D eigenvalue weighted by molar-refractivity contribution is -0.137. The van der Waals surface area contributed by atoms with Gasteiger partial charge in [-0.15, -0.1) is 0 Å². The Hall–Kier alpha value is -2.19. The van der Waals surface area contributed by atoms with E-state index in [1.54, 1.807) is 0 Å². The van der Waals surface area contributed by atoms with E-state index in [2.05, 4.69) is 28.9 Å². The first-order valence-electron chi connectivity index (χ1n) is 10.2. The van der Waals surface area contributed by atoms with Gasteiger partial charge in [-0.25, -0.2) is 8.42 Å². The molecule has 156 valence electrons. The fourth-order valence-corrected chi connectivity index (χ4v) is 5.24. The molecule has 0 bridgehead atoms. The van der Waals surface area contributed by atoms with Crippen molar-refractivity contribution in [3.8, 4) is 0 Å². The molecule has 0 aliphatic carbocycles. The number of nitrogens with zero attached hydrogens (tertiary/aromatic N) is 4. The quantitative estimate of drug-likeness (QED) is 0.764. The highest BCUT2D eigenvalue weighted by atomic mass is 32.2. The van der Waals surface area contributed by atoms with Crippen molar-refractivity contribution in [2.75, 3.05) is 50.4 Å². The average molecular weight is 417 g/mol. The van der Waals surface area contributed by atoms with Gasteiger partial charge in [-0.3, -0.25) is 9.78 Å². The average Bonchev–Trinajstić information content (AvgIpc) is 2.72. The molecule has 1 atom stereocenters. The minimum absolute atomic E-state index is 0.0541. The Labute approximate surface area is 172 Å². The number of hydrogen-bond donors (Lipinski definition) is 0. The molecule has 0 saturated carbocycles. The van der Waals surface area contributed by atoms with Crippen molar-refractivity contribution in [3.05, 3.63) is 36.0 Å². The van der Waals surface area contributed by atoms with Crippen LogP contribution in [-0.2, 0) is 14.8 Å². The lowest BCUT2D eigenvalue weighted by atomic mass is 9.95. The zero-order valence-electron chi connectivity index (χ0n) is 17.0. The van der Waals surface area contributed by atoms with Gasteiger partial charge in [0.2, 0.25) is 15.9 Å². The summed E-state index contributed by atoms with van der Waals surface area (Å²) in [4.78, 5) is 21.7. The molecular formula is C21H28N4O3S. The van der Waals surface area contributed by atoms with Crippen LogP contribution < -0.4 is 4.90 Å². The van der Waals surface area contributed by atoms with Crippen LogP contribution in [0.2, 0.25) is 0 Å². The number of carbonyl (C=O) groups is 1. The van der Waals surface area contributed by atoms with Crippen LogP contribution in [0.15, 0.2) is 30.5 Å². The molecule has 2 saturated heterocycles. The van der Waals surface area contributed by atoms with E-state index in [4.69, 9.17) is 0 Å². The van der Waals surface area contributed by atoms with Crippen molar-refractivity contribution in [2.24, 2.45) is 5.92 Å². The molecule has 3 heterocycles. The van der Waals surface area contributed by atoms with Crippen LogP contribution in [-0.4, -0.2) is 74.0 Å². The van der Waals surface area contributed by atoms with Crippen molar-refractivity contribution >= 4 is 32.5 Å². The summed E-state index contributed by atoms with van der Waals surface area (Å²) in [5.41, 5.74) is 3.30. The first kappa shape index (κ1) is 20.1. The van der Waals surface area contributed by atoms with Crippen molar-refractivity contribution in [3.63, 3.8) is 0 Å². The number of pyridine rings is 1. The van der Waals surface area contributed by atoms with Gasteiger partial charge in [0.15, 0.2) is 0 Å². The fourth-order valence-electron chi connectivity index (χ4n) is 4.42. The Morgan fingerprint density at radius 1 is 1.10 bits per heavy atom. The zero-order valence-corrected chi connectivity index (χ0v) is 17.9. The summed E-state index contributed by atoms with van der Waals surface area (Å²) in [5, 5.41) is 1.13. The van der Waals surface area contributed by atoms with Crippen LogP contribution in [0.25, 0.3) is 10.9 Å². The van der Waals surface area contributed by atoms with Crippen molar-refractivity contribution in [2.45, 2.75) is 19.8 Å². The third kappa shape index (κ3) is 4.23. The molecule has 29 heavy (non-hydrogen) atoms. The number of aromatic nitrogens is 1. The Kier molecular flexibility index (Phi) is 5.48. The summed E-state index contributed by atoms with van der Waals surface area (Å²) in [5.74, 6) is 0.0963. The summed E-state index contributed by atoms with van der Waals surface area (Å²) < 4.78 is 24.9. The summed E-state index contributed by atoms with van der Waals surface area (Å²) in [6.07, 6.45) is 4.91. The predicted molar refractivity (Wildman–Crippen MR) is 114 cm³/mol. The lowest BCUT2D eigenvalue weighted by Crippen LogP contribution is -2.53. The Morgan fingerprint density at radius 3 is 2.59 bits per heavy atom. The molecule has 7 nitrogen and oxygen atoms in total. The van der Waals surface area contributed by atoms with E-state index in [1.165, 1.54) is 16.1 Å². The van der Waals surface area contributed by atoms with Gasteiger partial charge in [0, 0.05) is 56.5 Å². The maximum atomic E-state index is 13.1. The number of aryl methyl sites for hydroxylation is 1. The minimum atomic E-state index is -3.19. The highest BCUT2D eigenvalue weighted by Gasteiger charge is 2.33. The van der Waals surface area contributed by atoms with Gasteiger partial charge in [-0.1, -0.05) is 11.6 Å². The number of carbonyl (C=O) groups excluding carboxylic acids is 1. The number of piperidine rings is 1. The summed E-state index contributed by atoms with van der Waals surface area (Å²) in [7, 11) is -3.19. The standard InChI is InChI=1S/C21H28N4O3S/c1-16-5-6-19-18(14-16)20(7-8-22-19)24-9-3-4-17(15-24)21(26)23-10-12-25(13-11-23)29(2,27)28/h5-8,14,17H,3-4,9-13,15H2,1-2H3. The largest absolute Gasteiger partial charge is 0.370 e. The van der Waals surface area contributed by atoms with E-state index in [0.29, 0.717) is 32.7 Å². The second-order valence-corrected chi connectivity index (χ2v) is 10.1. The summed E-state index contributed by atoms with van der Waals surface area (Å²) >= 11 is 0. The van der Waals surface area contributed by atoms with Crippen molar-refractivity contribution in [1.82, 2.24) is 14.2 Å². The molecular weight excluding hydrogens is 388 g/mol. The van der Waals surface area contributed by atoms with Gasteiger partial charge in [0.1, 0.15) is 0 Å². The number of hydrogen-bond acceptors (Lipinski definition) is 5. The molecule has 2 aliphatic heterocycles. The summed E-state index contributed by atoms with van der Waals surface area (Å²) in [6, 6.07) is 8.31. The van der Waals surface area contributed by atoms with E-state index in [0.717, 1.165) is 36.0 Å². The lowest BCUT2D eigenvalue weighted by Gasteiger charge is -2.39. The molecule has 2 aromatic rings. The maximum absolute atomic E-state index is 13.1. The van der Waals surface area contributed by atoms with Crippen LogP contribution in [0.4, 0.5) is 5.69 Å². The number of fused-ring (bicyclic) bond motifs is 1. The highest BCUT2D eigenvalue weighted by Crippen LogP contribution is 2.30. The SMILES string of the molecule is Cc1ccc2nccc(N3CCCC(C(=O)N4CCN(S(C)(=O)=O)CC4)C3)c2c1. The molecule has 1 amide bonds. The monoisotopic (exact) mass is 416 g/mol. The van der Waals surface area contributed by atoms with Gasteiger partial charge in [-0.2, -0.15) is 4.31 Å². The van der Waals surface area contributed by atoms with E-state index < -0.39 is 10.0 Å². The molecule has 1 unspecified atom stereocenters. The second kappa shape index (κ2) is 7.91. The van der Waals surface area contributed by atoms with Gasteiger partial charge in [0.25, 0.3) is 0 Å². The third-order valence-electron chi connectivity index (χ3n) is 6.00. The fraction of sp³-hybridized carbons (Fsp3) is 0.524. The van der Waals surface area contributed by atoms with Crippen LogP contribution >= 0.6 is 0 Å². The number of rotatable bonds is 3. The highest BCUT2D eigenvalue weighted by molar-refractivity contribution is 7.88. The van der Waals surface area contributed by atoms with Crippen LogP contribution in [0, 0.1) is 12.8 Å². The Bertz CT molecular complexity index is 1020. The van der Waals surface area contributed by atoms with Crippen molar-refractivity contribution in [1.29, 1.82) is 0 Å². The molecule has 8 heteroatoms. The van der Waals surface area contributed by atoms with E-state index in [9.17, 15) is 13.2 Å². The topological polar surface area (TPSA) is 73.8 Å². The second-order valence-electron chi connectivity index (χ2n) is 8.12. The van der Waals surface area contributed by atoms with E-state index >= 15 is 0 Å². The van der Waals surface area contributed by atoms with Gasteiger partial charge in [0.05, 0.1) is 17.7 Å². The molecule has 0 N–H and O–H groups in total. The number of sulfonamides is 1. The van der Waals surface area contributed by atoms with Crippen LogP contribution in [0.1, 0.15) is 18.4 Å². The first-order valence-corrected chi connectivity index (χ1v) is 12.0. The maximum Gasteiger partial charge on any atom is 0.227 e. The molecule has 0 radical (unpaired) electrons. The molecule has 0 spiro atoms. The first-order chi connectivity index (χ1) is 13.8. The van der Waals surface area contributed by atoms with Gasteiger partial charge in [-0.05, 0) is 38.0 Å². The summed E-state index contributed by atoms with van der Waals surface area (Å²) in [6.45, 7) is 5.41. The normalized spacial score (nSPS) is 21.5. The van der Waals surface area contributed by atoms with Gasteiger partial charge < -0.3 is 9.80 Å². The molecule has 1 aromatic heterocycles. The van der Waals surface area contributed by atoms with Gasteiger partial charge >= 0.3 is 0 Å². The van der Waals surface area contributed by atoms with Crippen molar-refractivity contribution < 1.29 is 13.2 Å². The number of anilines is 1. The van der Waals surface area contributed by atoms with Crippen LogP contribution in [0.5, 0.6) is 0 Å². The number of benzene rings is 1. The Morgan fingerprint density at radius 2 is 1.86 bits per heavy atom. The number of amides is 1. The van der Waals surface area contributed by atoms with E-state index in [1.807, 2.05) is 23.2 Å². The molecule has 2 aliphatic rings.